The first-order valence-electron chi connectivity index (χ1n) is 10.2. The van der Waals surface area contributed by atoms with Gasteiger partial charge in [-0.05, 0) is 43.4 Å². The number of thiazole rings is 1. The molecule has 0 radical (unpaired) electrons. The van der Waals surface area contributed by atoms with E-state index in [0.717, 1.165) is 17.8 Å². The Labute approximate surface area is 191 Å². The molecule has 0 saturated heterocycles. The van der Waals surface area contributed by atoms with E-state index < -0.39 is 4.92 Å². The van der Waals surface area contributed by atoms with E-state index in [4.69, 9.17) is 0 Å². The topological polar surface area (TPSA) is 79.6 Å². The van der Waals surface area contributed by atoms with Crippen molar-refractivity contribution in [3.63, 3.8) is 0 Å². The number of amides is 1. The molecule has 166 valence electrons. The lowest BCUT2D eigenvalue weighted by Crippen LogP contribution is -2.38. The Morgan fingerprint density at radius 3 is 2.56 bits per heavy atom. The van der Waals surface area contributed by atoms with Gasteiger partial charge in [-0.15, -0.1) is 11.3 Å². The normalized spacial score (nSPS) is 11.5. The van der Waals surface area contributed by atoms with Crippen molar-refractivity contribution in [1.29, 1.82) is 0 Å². The largest absolute Gasteiger partial charge is 0.302 e. The number of carbonyl (C=O) groups excluding carboxylic acids is 1. The van der Waals surface area contributed by atoms with Crippen LogP contribution in [0.25, 0.3) is 20.3 Å². The molecule has 0 fully saturated rings. The van der Waals surface area contributed by atoms with Gasteiger partial charge in [0.1, 0.15) is 5.82 Å². The van der Waals surface area contributed by atoms with Crippen LogP contribution in [0.5, 0.6) is 0 Å². The van der Waals surface area contributed by atoms with Crippen LogP contribution in [-0.4, -0.2) is 46.9 Å². The van der Waals surface area contributed by atoms with Crippen LogP contribution in [0.3, 0.4) is 0 Å². The molecule has 7 nitrogen and oxygen atoms in total. The highest BCUT2D eigenvalue weighted by molar-refractivity contribution is 7.23. The molecule has 0 aliphatic rings. The predicted molar refractivity (Wildman–Crippen MR) is 128 cm³/mol. The Bertz CT molecular complexity index is 1300. The molecule has 0 aliphatic carbocycles. The van der Waals surface area contributed by atoms with Crippen LogP contribution in [-0.2, 0) is 0 Å². The van der Waals surface area contributed by atoms with Crippen molar-refractivity contribution in [2.24, 2.45) is 0 Å². The van der Waals surface area contributed by atoms with Gasteiger partial charge in [0, 0.05) is 35.3 Å². The SMILES string of the molecule is CCN(CC)CCN(C(=O)c1cc2cc([N+](=O)[O-])ccc2s1)c1nc2ccc(F)cc2s1. The molecule has 32 heavy (non-hydrogen) atoms. The van der Waals surface area contributed by atoms with Crippen LogP contribution >= 0.6 is 22.7 Å². The van der Waals surface area contributed by atoms with E-state index in [2.05, 4.69) is 23.7 Å². The maximum atomic E-state index is 13.7. The Morgan fingerprint density at radius 1 is 1.06 bits per heavy atom. The zero-order valence-corrected chi connectivity index (χ0v) is 19.2. The van der Waals surface area contributed by atoms with E-state index >= 15 is 0 Å². The van der Waals surface area contributed by atoms with Gasteiger partial charge in [0.15, 0.2) is 5.13 Å². The number of non-ortho nitro benzene ring substituents is 1. The summed E-state index contributed by atoms with van der Waals surface area (Å²) in [6.07, 6.45) is 0. The average molecular weight is 473 g/mol. The molecule has 2 heterocycles. The number of likely N-dealkylation sites (N-methyl/N-ethyl adjacent to an activating group) is 1. The molecule has 0 N–H and O–H groups in total. The van der Waals surface area contributed by atoms with E-state index in [1.807, 2.05) is 0 Å². The number of thiophene rings is 1. The molecule has 2 aromatic heterocycles. The molecule has 4 aromatic rings. The fourth-order valence-electron chi connectivity index (χ4n) is 3.45. The van der Waals surface area contributed by atoms with Crippen molar-refractivity contribution in [3.05, 3.63) is 63.3 Å². The number of halogens is 1. The third-order valence-corrected chi connectivity index (χ3v) is 7.42. The molecular weight excluding hydrogens is 451 g/mol. The Kier molecular flexibility index (Phi) is 6.45. The summed E-state index contributed by atoms with van der Waals surface area (Å²) < 4.78 is 15.1. The molecule has 1 amide bonds. The highest BCUT2D eigenvalue weighted by atomic mass is 32.1. The van der Waals surface area contributed by atoms with E-state index in [-0.39, 0.29) is 17.4 Å². The number of fused-ring (bicyclic) bond motifs is 2. The first kappa shape index (κ1) is 22.3. The molecule has 0 spiro atoms. The number of rotatable bonds is 8. The number of benzene rings is 2. The van der Waals surface area contributed by atoms with Crippen molar-refractivity contribution in [3.8, 4) is 0 Å². The minimum Gasteiger partial charge on any atom is -0.302 e. The summed E-state index contributed by atoms with van der Waals surface area (Å²) in [5, 5.41) is 12.3. The maximum absolute atomic E-state index is 13.7. The lowest BCUT2D eigenvalue weighted by molar-refractivity contribution is -0.384. The van der Waals surface area contributed by atoms with Gasteiger partial charge < -0.3 is 4.90 Å². The number of aromatic nitrogens is 1. The number of hydrogen-bond donors (Lipinski definition) is 0. The molecule has 0 unspecified atom stereocenters. The molecule has 10 heteroatoms. The molecule has 0 saturated carbocycles. The third-order valence-electron chi connectivity index (χ3n) is 5.27. The highest BCUT2D eigenvalue weighted by Crippen LogP contribution is 2.33. The van der Waals surface area contributed by atoms with Gasteiger partial charge in [-0.1, -0.05) is 25.2 Å². The number of nitro benzene ring substituents is 1. The van der Waals surface area contributed by atoms with Gasteiger partial charge in [0.25, 0.3) is 11.6 Å². The zero-order valence-electron chi connectivity index (χ0n) is 17.6. The number of nitrogens with zero attached hydrogens (tertiary/aromatic N) is 4. The van der Waals surface area contributed by atoms with Crippen LogP contribution in [0, 0.1) is 15.9 Å². The molecule has 0 aliphatic heterocycles. The summed E-state index contributed by atoms with van der Waals surface area (Å²) in [5.74, 6) is -0.569. The molecule has 4 rings (SSSR count). The maximum Gasteiger partial charge on any atom is 0.270 e. The van der Waals surface area contributed by atoms with Crippen LogP contribution in [0.15, 0.2) is 42.5 Å². The lowest BCUT2D eigenvalue weighted by Gasteiger charge is -2.24. The van der Waals surface area contributed by atoms with Crippen molar-refractivity contribution in [1.82, 2.24) is 9.88 Å². The lowest BCUT2D eigenvalue weighted by atomic mass is 10.2. The minimum atomic E-state index is -0.449. The Balaban J connectivity index is 1.71. The number of nitro groups is 1. The number of hydrogen-bond acceptors (Lipinski definition) is 7. The smallest absolute Gasteiger partial charge is 0.270 e. The Hall–Kier alpha value is -2.95. The second-order valence-electron chi connectivity index (χ2n) is 7.18. The van der Waals surface area contributed by atoms with Gasteiger partial charge in [-0.2, -0.15) is 0 Å². The van der Waals surface area contributed by atoms with Crippen LogP contribution in [0.2, 0.25) is 0 Å². The summed E-state index contributed by atoms with van der Waals surface area (Å²) in [7, 11) is 0. The van der Waals surface area contributed by atoms with Gasteiger partial charge in [-0.3, -0.25) is 19.8 Å². The summed E-state index contributed by atoms with van der Waals surface area (Å²) >= 11 is 2.57. The van der Waals surface area contributed by atoms with Crippen molar-refractivity contribution >= 4 is 59.7 Å². The quantitative estimate of drug-likeness (QED) is 0.248. The number of carbonyl (C=O) groups is 1. The molecule has 2 aromatic carbocycles. The molecular formula is C22H21FN4O3S2. The fraction of sp³-hybridized carbons (Fsp3) is 0.273. The third kappa shape index (κ3) is 4.47. The first-order valence-corrected chi connectivity index (χ1v) is 11.8. The second kappa shape index (κ2) is 9.27. The summed E-state index contributed by atoms with van der Waals surface area (Å²) in [5.41, 5.74) is 0.625. The van der Waals surface area contributed by atoms with E-state index in [0.29, 0.717) is 38.7 Å². The minimum absolute atomic E-state index is 0.0131. The highest BCUT2D eigenvalue weighted by Gasteiger charge is 2.24. The fourth-order valence-corrected chi connectivity index (χ4v) is 5.46. The summed E-state index contributed by atoms with van der Waals surface area (Å²) in [4.78, 5) is 33.1. The van der Waals surface area contributed by atoms with E-state index in [1.54, 1.807) is 23.1 Å². The zero-order chi connectivity index (χ0) is 22.8. The Morgan fingerprint density at radius 2 is 1.84 bits per heavy atom. The predicted octanol–water partition coefficient (Wildman–Crippen LogP) is 5.55. The van der Waals surface area contributed by atoms with Gasteiger partial charge in [-0.25, -0.2) is 9.37 Å². The average Bonchev–Trinajstić information content (AvgIpc) is 3.39. The molecule has 0 bridgehead atoms. The van der Waals surface area contributed by atoms with Crippen molar-refractivity contribution in [2.75, 3.05) is 31.1 Å². The van der Waals surface area contributed by atoms with Crippen molar-refractivity contribution in [2.45, 2.75) is 13.8 Å². The second-order valence-corrected chi connectivity index (χ2v) is 9.27. The van der Waals surface area contributed by atoms with E-state index in [9.17, 15) is 19.3 Å². The monoisotopic (exact) mass is 472 g/mol. The van der Waals surface area contributed by atoms with Gasteiger partial charge in [0.05, 0.1) is 20.0 Å². The first-order chi connectivity index (χ1) is 15.4. The van der Waals surface area contributed by atoms with Crippen LogP contribution in [0.1, 0.15) is 23.5 Å². The standard InChI is InChI=1S/C22H21FN4O3S2/c1-3-25(4-2)9-10-26(22-24-17-7-5-15(23)13-19(17)32-22)21(28)20-12-14-11-16(27(29)30)6-8-18(14)31-20/h5-8,11-13H,3-4,9-10H2,1-2H3. The molecule has 0 atom stereocenters. The van der Waals surface area contributed by atoms with Crippen LogP contribution < -0.4 is 4.90 Å². The summed E-state index contributed by atoms with van der Waals surface area (Å²) in [6.45, 7) is 6.94. The summed E-state index contributed by atoms with van der Waals surface area (Å²) in [6, 6.07) is 10.6. The van der Waals surface area contributed by atoms with Crippen LogP contribution in [0.4, 0.5) is 15.2 Å². The number of anilines is 1. The van der Waals surface area contributed by atoms with Gasteiger partial charge in [0.2, 0.25) is 0 Å². The van der Waals surface area contributed by atoms with Gasteiger partial charge >= 0.3 is 0 Å². The van der Waals surface area contributed by atoms with E-state index in [1.165, 1.54) is 46.9 Å². The van der Waals surface area contributed by atoms with Crippen molar-refractivity contribution < 1.29 is 14.1 Å².